The van der Waals surface area contributed by atoms with E-state index in [-0.39, 0.29) is 6.29 Å². The first-order chi connectivity index (χ1) is 9.40. The molecule has 0 unspecified atom stereocenters. The molecule has 0 N–H and O–H groups in total. The fourth-order valence-corrected chi connectivity index (χ4v) is 2.17. The van der Waals surface area contributed by atoms with Crippen LogP contribution in [0.2, 0.25) is 0 Å². The predicted molar refractivity (Wildman–Crippen MR) is 75.3 cm³/mol. The van der Waals surface area contributed by atoms with E-state index in [0.717, 1.165) is 24.3 Å². The zero-order valence-electron chi connectivity index (χ0n) is 11.8. The van der Waals surface area contributed by atoms with Gasteiger partial charge in [-0.05, 0) is 18.6 Å². The van der Waals surface area contributed by atoms with Crippen molar-refractivity contribution in [3.05, 3.63) is 29.8 Å². The van der Waals surface area contributed by atoms with Gasteiger partial charge >= 0.3 is 0 Å². The van der Waals surface area contributed by atoms with Crippen molar-refractivity contribution in [3.63, 3.8) is 0 Å². The number of benzene rings is 1. The molecule has 0 atom stereocenters. The average molecular weight is 264 g/mol. The number of hydrogen-bond donors (Lipinski definition) is 0. The molecule has 0 saturated carbocycles. The number of hydrogen-bond acceptors (Lipinski definition) is 3. The van der Waals surface area contributed by atoms with Crippen molar-refractivity contribution in [2.45, 2.75) is 45.3 Å². The Morgan fingerprint density at radius 1 is 1.00 bits per heavy atom. The minimum absolute atomic E-state index is 0.192. The van der Waals surface area contributed by atoms with E-state index >= 15 is 0 Å². The Hall–Kier alpha value is -1.06. The van der Waals surface area contributed by atoms with Crippen LogP contribution in [0.25, 0.3) is 0 Å². The third-order valence-corrected chi connectivity index (χ3v) is 3.29. The maximum atomic E-state index is 5.72. The number of rotatable bonds is 8. The topological polar surface area (TPSA) is 27.7 Å². The average Bonchev–Trinajstić information content (AvgIpc) is 2.97. The molecule has 1 heterocycles. The Kier molecular flexibility index (Phi) is 6.18. The minimum atomic E-state index is -0.192. The molecule has 19 heavy (non-hydrogen) atoms. The molecule has 1 aromatic carbocycles. The quantitative estimate of drug-likeness (QED) is 0.662. The third-order valence-electron chi connectivity index (χ3n) is 3.29. The van der Waals surface area contributed by atoms with E-state index in [1.54, 1.807) is 0 Å². The monoisotopic (exact) mass is 264 g/mol. The molecule has 0 amide bonds. The van der Waals surface area contributed by atoms with Crippen molar-refractivity contribution in [2.24, 2.45) is 0 Å². The number of unbranched alkanes of at least 4 members (excludes halogenated alkanes) is 4. The van der Waals surface area contributed by atoms with Crippen molar-refractivity contribution in [1.82, 2.24) is 0 Å². The molecule has 1 fully saturated rings. The highest BCUT2D eigenvalue weighted by Crippen LogP contribution is 2.25. The Labute approximate surface area is 115 Å². The van der Waals surface area contributed by atoms with Crippen LogP contribution in [0.1, 0.15) is 50.9 Å². The molecule has 2 rings (SSSR count). The Morgan fingerprint density at radius 3 is 2.37 bits per heavy atom. The molecular weight excluding hydrogens is 240 g/mol. The van der Waals surface area contributed by atoms with Crippen LogP contribution in [0.15, 0.2) is 24.3 Å². The first-order valence-corrected chi connectivity index (χ1v) is 7.36. The lowest BCUT2D eigenvalue weighted by Crippen LogP contribution is -2.00. The molecule has 106 valence electrons. The molecule has 3 heteroatoms. The summed E-state index contributed by atoms with van der Waals surface area (Å²) >= 11 is 0. The summed E-state index contributed by atoms with van der Waals surface area (Å²) in [4.78, 5) is 0. The van der Waals surface area contributed by atoms with E-state index in [4.69, 9.17) is 14.2 Å². The van der Waals surface area contributed by atoms with Gasteiger partial charge in [0.2, 0.25) is 0 Å². The van der Waals surface area contributed by atoms with Gasteiger partial charge in [0.15, 0.2) is 6.29 Å². The molecule has 1 aliphatic heterocycles. The zero-order chi connectivity index (χ0) is 13.3. The minimum Gasteiger partial charge on any atom is -0.494 e. The third kappa shape index (κ3) is 4.84. The van der Waals surface area contributed by atoms with Crippen LogP contribution >= 0.6 is 0 Å². The molecule has 0 aromatic heterocycles. The van der Waals surface area contributed by atoms with Gasteiger partial charge in [-0.2, -0.15) is 0 Å². The van der Waals surface area contributed by atoms with Crippen LogP contribution in [0.5, 0.6) is 5.75 Å². The lowest BCUT2D eigenvalue weighted by Gasteiger charge is -2.10. The van der Waals surface area contributed by atoms with Gasteiger partial charge in [-0.15, -0.1) is 0 Å². The van der Waals surface area contributed by atoms with Gasteiger partial charge in [0, 0.05) is 5.56 Å². The molecule has 3 nitrogen and oxygen atoms in total. The first-order valence-electron chi connectivity index (χ1n) is 7.36. The molecule has 0 aliphatic carbocycles. The first kappa shape index (κ1) is 14.4. The van der Waals surface area contributed by atoms with Crippen molar-refractivity contribution in [2.75, 3.05) is 19.8 Å². The van der Waals surface area contributed by atoms with E-state index < -0.39 is 0 Å². The predicted octanol–water partition coefficient (Wildman–Crippen LogP) is 4.08. The Balaban J connectivity index is 1.67. The second kappa shape index (κ2) is 8.18. The highest BCUT2D eigenvalue weighted by Gasteiger charge is 2.17. The lowest BCUT2D eigenvalue weighted by atomic mass is 10.2. The van der Waals surface area contributed by atoms with Gasteiger partial charge in [-0.3, -0.25) is 0 Å². The second-order valence-corrected chi connectivity index (χ2v) is 4.91. The van der Waals surface area contributed by atoms with Crippen molar-refractivity contribution >= 4 is 0 Å². The summed E-state index contributed by atoms with van der Waals surface area (Å²) in [5, 5.41) is 0. The maximum Gasteiger partial charge on any atom is 0.184 e. The lowest BCUT2D eigenvalue weighted by molar-refractivity contribution is -0.0441. The fraction of sp³-hybridized carbons (Fsp3) is 0.625. The van der Waals surface area contributed by atoms with E-state index in [2.05, 4.69) is 6.92 Å². The van der Waals surface area contributed by atoms with Crippen LogP contribution in [0.4, 0.5) is 0 Å². The number of ether oxygens (including phenoxy) is 3. The van der Waals surface area contributed by atoms with E-state index in [0.29, 0.717) is 13.2 Å². The molecule has 0 radical (unpaired) electrons. The second-order valence-electron chi connectivity index (χ2n) is 4.91. The fourth-order valence-electron chi connectivity index (χ4n) is 2.17. The van der Waals surface area contributed by atoms with Crippen LogP contribution in [0, 0.1) is 0 Å². The Morgan fingerprint density at radius 2 is 1.68 bits per heavy atom. The summed E-state index contributed by atoms with van der Waals surface area (Å²) < 4.78 is 16.6. The van der Waals surface area contributed by atoms with Gasteiger partial charge in [-0.25, -0.2) is 0 Å². The van der Waals surface area contributed by atoms with E-state index in [9.17, 15) is 0 Å². The zero-order valence-corrected chi connectivity index (χ0v) is 11.8. The van der Waals surface area contributed by atoms with Gasteiger partial charge in [-0.1, -0.05) is 44.7 Å². The van der Waals surface area contributed by atoms with E-state index in [1.165, 1.54) is 25.7 Å². The van der Waals surface area contributed by atoms with E-state index in [1.807, 2.05) is 24.3 Å². The molecule has 0 bridgehead atoms. The highest BCUT2D eigenvalue weighted by molar-refractivity contribution is 5.28. The van der Waals surface area contributed by atoms with Gasteiger partial charge in [0.1, 0.15) is 5.75 Å². The van der Waals surface area contributed by atoms with Crippen molar-refractivity contribution < 1.29 is 14.2 Å². The van der Waals surface area contributed by atoms with Crippen LogP contribution in [-0.2, 0) is 9.47 Å². The summed E-state index contributed by atoms with van der Waals surface area (Å²) in [7, 11) is 0. The van der Waals surface area contributed by atoms with Gasteiger partial charge in [0.05, 0.1) is 19.8 Å². The van der Waals surface area contributed by atoms with Crippen molar-refractivity contribution in [3.8, 4) is 5.75 Å². The molecule has 1 saturated heterocycles. The summed E-state index contributed by atoms with van der Waals surface area (Å²) in [5.41, 5.74) is 1.06. The normalized spacial score (nSPS) is 15.8. The van der Waals surface area contributed by atoms with Crippen LogP contribution < -0.4 is 4.74 Å². The van der Waals surface area contributed by atoms with Gasteiger partial charge in [0.25, 0.3) is 0 Å². The molecule has 0 spiro atoms. The maximum absolute atomic E-state index is 5.72. The molecular formula is C16H24O3. The summed E-state index contributed by atoms with van der Waals surface area (Å²) in [6.07, 6.45) is 6.13. The smallest absolute Gasteiger partial charge is 0.184 e. The van der Waals surface area contributed by atoms with Crippen LogP contribution in [-0.4, -0.2) is 19.8 Å². The Bertz CT molecular complexity index is 342. The van der Waals surface area contributed by atoms with Crippen LogP contribution in [0.3, 0.4) is 0 Å². The highest BCUT2D eigenvalue weighted by atomic mass is 16.7. The molecule has 1 aliphatic rings. The standard InChI is InChI=1S/C16H24O3/c1-2-3-4-5-6-11-17-15-9-7-14(8-10-15)16-18-12-13-19-16/h7-10,16H,2-6,11-13H2,1H3. The summed E-state index contributed by atoms with van der Waals surface area (Å²) in [6.45, 7) is 4.40. The largest absolute Gasteiger partial charge is 0.494 e. The van der Waals surface area contributed by atoms with Gasteiger partial charge < -0.3 is 14.2 Å². The summed E-state index contributed by atoms with van der Waals surface area (Å²) in [6, 6.07) is 8.02. The SMILES string of the molecule is CCCCCCCOc1ccc(C2OCCO2)cc1. The summed E-state index contributed by atoms with van der Waals surface area (Å²) in [5.74, 6) is 0.928. The van der Waals surface area contributed by atoms with Crippen molar-refractivity contribution in [1.29, 1.82) is 0 Å². The molecule has 1 aromatic rings.